The van der Waals surface area contributed by atoms with Crippen LogP contribution in [0.2, 0.25) is 5.02 Å². The molecule has 0 radical (unpaired) electrons. The van der Waals surface area contributed by atoms with Crippen LogP contribution in [0, 0.1) is 5.82 Å². The Balaban J connectivity index is 1.65. The quantitative estimate of drug-likeness (QED) is 0.919. The molecule has 1 atom stereocenters. The Labute approximate surface area is 134 Å². The third-order valence-electron chi connectivity index (χ3n) is 3.66. The van der Waals surface area contributed by atoms with E-state index in [4.69, 9.17) is 21.1 Å². The molecule has 3 nitrogen and oxygen atoms in total. The summed E-state index contributed by atoms with van der Waals surface area (Å²) in [6.45, 7) is 3.86. The fourth-order valence-electron chi connectivity index (χ4n) is 2.37. The Hall–Kier alpha value is -1.78. The molecule has 0 amide bonds. The Bertz CT molecular complexity index is 678. The van der Waals surface area contributed by atoms with Crippen LogP contribution in [0.25, 0.3) is 0 Å². The summed E-state index contributed by atoms with van der Waals surface area (Å²) >= 11 is 5.82. The second kappa shape index (κ2) is 6.55. The summed E-state index contributed by atoms with van der Waals surface area (Å²) in [6.07, 6.45) is 0. The van der Waals surface area contributed by atoms with Crippen LogP contribution in [-0.4, -0.2) is 13.2 Å². The van der Waals surface area contributed by atoms with Gasteiger partial charge < -0.3 is 14.8 Å². The summed E-state index contributed by atoms with van der Waals surface area (Å²) in [5.74, 6) is 1.17. The first-order valence-corrected chi connectivity index (χ1v) is 7.58. The number of hydrogen-bond donors (Lipinski definition) is 1. The molecule has 1 unspecified atom stereocenters. The maximum absolute atomic E-state index is 13.2. The molecule has 5 heteroatoms. The van der Waals surface area contributed by atoms with Gasteiger partial charge in [-0.05, 0) is 42.3 Å². The van der Waals surface area contributed by atoms with Gasteiger partial charge in [0.15, 0.2) is 11.5 Å². The normalized spacial score (nSPS) is 14.7. The maximum Gasteiger partial charge on any atom is 0.161 e. The number of hydrogen-bond acceptors (Lipinski definition) is 3. The van der Waals surface area contributed by atoms with Crippen LogP contribution in [0.15, 0.2) is 36.4 Å². The molecule has 0 bridgehead atoms. The Morgan fingerprint density at radius 2 is 1.91 bits per heavy atom. The predicted octanol–water partition coefficient (Wildman–Crippen LogP) is 4.10. The van der Waals surface area contributed by atoms with Crippen molar-refractivity contribution in [2.75, 3.05) is 13.2 Å². The van der Waals surface area contributed by atoms with Gasteiger partial charge >= 0.3 is 0 Å². The van der Waals surface area contributed by atoms with Gasteiger partial charge in [-0.1, -0.05) is 23.7 Å². The van der Waals surface area contributed by atoms with Gasteiger partial charge in [0.1, 0.15) is 19.0 Å². The molecular formula is C17H17ClFNO2. The molecule has 0 spiro atoms. The van der Waals surface area contributed by atoms with E-state index in [9.17, 15) is 4.39 Å². The lowest BCUT2D eigenvalue weighted by atomic mass is 10.1. The first kappa shape index (κ1) is 15.1. The summed E-state index contributed by atoms with van der Waals surface area (Å²) in [5.41, 5.74) is 2.05. The minimum atomic E-state index is -0.399. The van der Waals surface area contributed by atoms with E-state index >= 15 is 0 Å². The summed E-state index contributed by atoms with van der Waals surface area (Å²) in [5, 5.41) is 3.54. The van der Waals surface area contributed by atoms with Gasteiger partial charge in [0, 0.05) is 12.6 Å². The van der Waals surface area contributed by atoms with Gasteiger partial charge in [0.25, 0.3) is 0 Å². The molecule has 1 N–H and O–H groups in total. The van der Waals surface area contributed by atoms with Crippen LogP contribution < -0.4 is 14.8 Å². The lowest BCUT2D eigenvalue weighted by molar-refractivity contribution is 0.171. The van der Waals surface area contributed by atoms with E-state index in [-0.39, 0.29) is 11.1 Å². The number of fused-ring (bicyclic) bond motifs is 1. The summed E-state index contributed by atoms with van der Waals surface area (Å²) in [6, 6.07) is 10.7. The number of benzene rings is 2. The fraction of sp³-hybridized carbons (Fsp3) is 0.294. The van der Waals surface area contributed by atoms with Crippen LogP contribution in [0.4, 0.5) is 4.39 Å². The topological polar surface area (TPSA) is 30.5 Å². The standard InChI is InChI=1S/C17H17ClFNO2/c1-11(13-3-4-15(19)14(18)9-13)20-10-12-2-5-16-17(8-12)22-7-6-21-16/h2-5,8-9,11,20H,6-7,10H2,1H3. The Kier molecular flexibility index (Phi) is 4.50. The van der Waals surface area contributed by atoms with Crippen molar-refractivity contribution in [1.82, 2.24) is 5.32 Å². The first-order valence-electron chi connectivity index (χ1n) is 7.20. The SMILES string of the molecule is CC(NCc1ccc2c(c1)OCCO2)c1ccc(F)c(Cl)c1. The van der Waals surface area contributed by atoms with Gasteiger partial charge in [-0.2, -0.15) is 0 Å². The minimum Gasteiger partial charge on any atom is -0.486 e. The van der Waals surface area contributed by atoms with E-state index in [1.54, 1.807) is 12.1 Å². The molecule has 0 aliphatic carbocycles. The number of halogens is 2. The van der Waals surface area contributed by atoms with Crippen molar-refractivity contribution >= 4 is 11.6 Å². The molecule has 0 aromatic heterocycles. The van der Waals surface area contributed by atoms with Crippen molar-refractivity contribution in [2.45, 2.75) is 19.5 Å². The fourth-order valence-corrected chi connectivity index (χ4v) is 2.56. The van der Waals surface area contributed by atoms with Crippen LogP contribution >= 0.6 is 11.6 Å². The van der Waals surface area contributed by atoms with E-state index in [1.165, 1.54) is 6.07 Å². The molecule has 0 fully saturated rings. The maximum atomic E-state index is 13.2. The highest BCUT2D eigenvalue weighted by atomic mass is 35.5. The van der Waals surface area contributed by atoms with Crippen molar-refractivity contribution in [3.05, 3.63) is 58.4 Å². The zero-order chi connectivity index (χ0) is 15.5. The number of ether oxygens (including phenoxy) is 2. The smallest absolute Gasteiger partial charge is 0.161 e. The van der Waals surface area contributed by atoms with Crippen molar-refractivity contribution in [1.29, 1.82) is 0 Å². The molecule has 2 aromatic carbocycles. The average molecular weight is 322 g/mol. The van der Waals surface area contributed by atoms with Gasteiger partial charge in [-0.3, -0.25) is 0 Å². The molecule has 3 rings (SSSR count). The van der Waals surface area contributed by atoms with Gasteiger partial charge in [-0.25, -0.2) is 4.39 Å². The third-order valence-corrected chi connectivity index (χ3v) is 3.95. The van der Waals surface area contributed by atoms with E-state index < -0.39 is 5.82 Å². The van der Waals surface area contributed by atoms with Crippen molar-refractivity contribution in [3.63, 3.8) is 0 Å². The Morgan fingerprint density at radius 1 is 1.14 bits per heavy atom. The van der Waals surface area contributed by atoms with Crippen LogP contribution in [0.5, 0.6) is 11.5 Å². The molecule has 1 heterocycles. The van der Waals surface area contributed by atoms with Gasteiger partial charge in [0.05, 0.1) is 5.02 Å². The molecule has 116 valence electrons. The second-order valence-electron chi connectivity index (χ2n) is 5.25. The molecular weight excluding hydrogens is 305 g/mol. The summed E-state index contributed by atoms with van der Waals surface area (Å²) in [4.78, 5) is 0. The third kappa shape index (κ3) is 3.34. The van der Waals surface area contributed by atoms with E-state index in [0.717, 1.165) is 22.6 Å². The highest BCUT2D eigenvalue weighted by molar-refractivity contribution is 6.30. The minimum absolute atomic E-state index is 0.0614. The largest absolute Gasteiger partial charge is 0.486 e. The average Bonchev–Trinajstić information content (AvgIpc) is 2.55. The van der Waals surface area contributed by atoms with Gasteiger partial charge in [-0.15, -0.1) is 0 Å². The summed E-state index contributed by atoms with van der Waals surface area (Å²) in [7, 11) is 0. The zero-order valence-corrected chi connectivity index (χ0v) is 13.0. The molecule has 2 aromatic rings. The second-order valence-corrected chi connectivity index (χ2v) is 5.66. The Morgan fingerprint density at radius 3 is 2.68 bits per heavy atom. The highest BCUT2D eigenvalue weighted by Crippen LogP contribution is 2.31. The monoisotopic (exact) mass is 321 g/mol. The number of rotatable bonds is 4. The highest BCUT2D eigenvalue weighted by Gasteiger charge is 2.12. The molecule has 0 saturated carbocycles. The first-order chi connectivity index (χ1) is 10.6. The lowest BCUT2D eigenvalue weighted by Crippen LogP contribution is -2.19. The molecule has 1 aliphatic rings. The molecule has 22 heavy (non-hydrogen) atoms. The van der Waals surface area contributed by atoms with Crippen LogP contribution in [0.3, 0.4) is 0 Å². The van der Waals surface area contributed by atoms with E-state index in [1.807, 2.05) is 25.1 Å². The molecule has 1 aliphatic heterocycles. The lowest BCUT2D eigenvalue weighted by Gasteiger charge is -2.20. The van der Waals surface area contributed by atoms with Crippen molar-refractivity contribution in [2.24, 2.45) is 0 Å². The van der Waals surface area contributed by atoms with Gasteiger partial charge in [0.2, 0.25) is 0 Å². The van der Waals surface area contributed by atoms with E-state index in [0.29, 0.717) is 19.8 Å². The van der Waals surface area contributed by atoms with Crippen LogP contribution in [-0.2, 0) is 6.54 Å². The van der Waals surface area contributed by atoms with Crippen molar-refractivity contribution in [3.8, 4) is 11.5 Å². The molecule has 0 saturated heterocycles. The predicted molar refractivity (Wildman–Crippen MR) is 84.1 cm³/mol. The van der Waals surface area contributed by atoms with Crippen molar-refractivity contribution < 1.29 is 13.9 Å². The summed E-state index contributed by atoms with van der Waals surface area (Å²) < 4.78 is 24.3. The van der Waals surface area contributed by atoms with E-state index in [2.05, 4.69) is 5.32 Å². The number of nitrogens with one attached hydrogen (secondary N) is 1. The van der Waals surface area contributed by atoms with Crippen LogP contribution in [0.1, 0.15) is 24.1 Å². The zero-order valence-electron chi connectivity index (χ0n) is 12.2.